The number of carbonyl (C=O) groups excluding carboxylic acids is 2. The van der Waals surface area contributed by atoms with Gasteiger partial charge in [0.25, 0.3) is 11.8 Å². The monoisotopic (exact) mass is 421 g/mol. The Morgan fingerprint density at radius 2 is 1.83 bits per heavy atom. The predicted octanol–water partition coefficient (Wildman–Crippen LogP) is 4.65. The molecule has 0 bridgehead atoms. The van der Waals surface area contributed by atoms with Crippen LogP contribution in [0.3, 0.4) is 0 Å². The van der Waals surface area contributed by atoms with Gasteiger partial charge in [0.2, 0.25) is 0 Å². The number of anilines is 2. The second-order valence-electron chi connectivity index (χ2n) is 6.01. The number of nitrogens with zero attached hydrogens (tertiary/aromatic N) is 2. The topological polar surface area (TPSA) is 111 Å². The maximum absolute atomic E-state index is 12.5. The van der Waals surface area contributed by atoms with E-state index in [0.29, 0.717) is 42.7 Å². The molecule has 0 atom stereocenters. The van der Waals surface area contributed by atoms with Gasteiger partial charge in [0, 0.05) is 5.69 Å². The molecule has 142 valence electrons. The number of amides is 2. The maximum atomic E-state index is 12.5. The van der Waals surface area contributed by atoms with Gasteiger partial charge in [0.1, 0.15) is 10.6 Å². The average Bonchev–Trinajstić information content (AvgIpc) is 3.31. The quantitative estimate of drug-likeness (QED) is 0.445. The molecule has 7 nitrogen and oxygen atoms in total. The van der Waals surface area contributed by atoms with Crippen molar-refractivity contribution in [1.82, 2.24) is 10.2 Å². The van der Waals surface area contributed by atoms with Crippen molar-refractivity contribution in [3.63, 3.8) is 0 Å². The van der Waals surface area contributed by atoms with Crippen LogP contribution in [-0.2, 0) is 0 Å². The van der Waals surface area contributed by atoms with Crippen molar-refractivity contribution in [2.45, 2.75) is 0 Å². The number of carbonyl (C=O) groups is 2. The summed E-state index contributed by atoms with van der Waals surface area (Å²) >= 11 is 7.26. The van der Waals surface area contributed by atoms with Crippen LogP contribution in [-0.4, -0.2) is 22.0 Å². The van der Waals surface area contributed by atoms with Gasteiger partial charge in [0.15, 0.2) is 0 Å². The minimum absolute atomic E-state index is 0.305. The number of hydrogen-bond acceptors (Lipinski definition) is 5. The van der Waals surface area contributed by atoms with Crippen LogP contribution in [0.1, 0.15) is 25.6 Å². The van der Waals surface area contributed by atoms with E-state index in [-0.39, 0.29) is 11.8 Å². The van der Waals surface area contributed by atoms with Crippen LogP contribution < -0.4 is 10.6 Å². The molecule has 9 heteroatoms. The molecule has 0 saturated carbocycles. The second kappa shape index (κ2) is 7.75. The predicted molar refractivity (Wildman–Crippen MR) is 112 cm³/mol. The first-order valence-electron chi connectivity index (χ1n) is 8.40. The molecule has 2 heterocycles. The third-order valence-electron chi connectivity index (χ3n) is 4.10. The van der Waals surface area contributed by atoms with Gasteiger partial charge >= 0.3 is 0 Å². The van der Waals surface area contributed by atoms with Crippen molar-refractivity contribution < 1.29 is 9.59 Å². The zero-order valence-electron chi connectivity index (χ0n) is 14.7. The highest BCUT2D eigenvalue weighted by Gasteiger charge is 2.18. The summed E-state index contributed by atoms with van der Waals surface area (Å²) in [6, 6.07) is 17.0. The SMILES string of the molecule is N#Cc1ccc(NC(=O)c2cc3c(NC(=O)c4ccccc4Cl)[nH]nc3s2)cc1. The minimum atomic E-state index is -0.379. The van der Waals surface area contributed by atoms with E-state index >= 15 is 0 Å². The maximum Gasteiger partial charge on any atom is 0.265 e. The summed E-state index contributed by atoms with van der Waals surface area (Å²) in [5.41, 5.74) is 1.43. The Hall–Kier alpha value is -3.67. The number of thiophene rings is 1. The van der Waals surface area contributed by atoms with Crippen molar-refractivity contribution >= 4 is 56.5 Å². The first kappa shape index (κ1) is 18.7. The zero-order chi connectivity index (χ0) is 20.4. The molecular formula is C20H12ClN5O2S. The standard InChI is InChI=1S/C20H12ClN5O2S/c21-15-4-2-1-3-13(15)18(27)24-17-14-9-16(29-20(14)26-25-17)19(28)23-12-7-5-11(10-22)6-8-12/h1-9H,(H,23,28)(H2,24,25,26,27). The highest BCUT2D eigenvalue weighted by Crippen LogP contribution is 2.30. The number of aromatic nitrogens is 2. The van der Waals surface area contributed by atoms with Crippen LogP contribution in [0.15, 0.2) is 54.6 Å². The molecule has 29 heavy (non-hydrogen) atoms. The lowest BCUT2D eigenvalue weighted by Crippen LogP contribution is -2.13. The van der Waals surface area contributed by atoms with Crippen molar-refractivity contribution in [3.05, 3.63) is 75.6 Å². The van der Waals surface area contributed by atoms with Gasteiger partial charge < -0.3 is 10.6 Å². The summed E-state index contributed by atoms with van der Waals surface area (Å²) in [6.07, 6.45) is 0. The Labute approximate surface area is 173 Å². The van der Waals surface area contributed by atoms with Gasteiger partial charge in [-0.1, -0.05) is 23.7 Å². The van der Waals surface area contributed by atoms with E-state index in [2.05, 4.69) is 20.8 Å². The highest BCUT2D eigenvalue weighted by molar-refractivity contribution is 7.20. The average molecular weight is 422 g/mol. The molecule has 0 aliphatic carbocycles. The summed E-state index contributed by atoms with van der Waals surface area (Å²) in [5, 5.41) is 22.2. The molecule has 4 aromatic rings. The first-order chi connectivity index (χ1) is 14.0. The van der Waals surface area contributed by atoms with Gasteiger partial charge in [0.05, 0.1) is 32.5 Å². The molecule has 0 aliphatic heterocycles. The van der Waals surface area contributed by atoms with Crippen LogP contribution in [0.25, 0.3) is 10.2 Å². The Bertz CT molecular complexity index is 1270. The van der Waals surface area contributed by atoms with Gasteiger partial charge in [-0.3, -0.25) is 14.7 Å². The number of nitriles is 1. The third-order valence-corrected chi connectivity index (χ3v) is 5.46. The summed E-state index contributed by atoms with van der Waals surface area (Å²) < 4.78 is 0. The summed E-state index contributed by atoms with van der Waals surface area (Å²) in [7, 11) is 0. The van der Waals surface area contributed by atoms with Crippen LogP contribution in [0.2, 0.25) is 5.02 Å². The van der Waals surface area contributed by atoms with E-state index in [1.807, 2.05) is 6.07 Å². The fourth-order valence-corrected chi connectivity index (χ4v) is 3.78. The highest BCUT2D eigenvalue weighted by atomic mass is 35.5. The normalized spacial score (nSPS) is 10.5. The molecule has 4 rings (SSSR count). The summed E-state index contributed by atoms with van der Waals surface area (Å²) in [4.78, 5) is 26.0. The van der Waals surface area contributed by atoms with Crippen LogP contribution in [0.5, 0.6) is 0 Å². The number of halogens is 1. The zero-order valence-corrected chi connectivity index (χ0v) is 16.3. The lowest BCUT2D eigenvalue weighted by atomic mass is 10.2. The van der Waals surface area contributed by atoms with Gasteiger partial charge in [-0.05, 0) is 42.5 Å². The number of benzene rings is 2. The second-order valence-corrected chi connectivity index (χ2v) is 7.44. The minimum Gasteiger partial charge on any atom is -0.321 e. The molecule has 0 aliphatic rings. The van der Waals surface area contributed by atoms with E-state index in [1.54, 1.807) is 54.6 Å². The van der Waals surface area contributed by atoms with Crippen molar-refractivity contribution in [3.8, 4) is 6.07 Å². The molecule has 0 fully saturated rings. The van der Waals surface area contributed by atoms with Gasteiger partial charge in [-0.2, -0.15) is 10.4 Å². The molecular weight excluding hydrogens is 410 g/mol. The lowest BCUT2D eigenvalue weighted by molar-refractivity contribution is 0.102. The number of fused-ring (bicyclic) bond motifs is 1. The molecule has 0 unspecified atom stereocenters. The Balaban J connectivity index is 1.53. The fourth-order valence-electron chi connectivity index (χ4n) is 2.66. The molecule has 0 saturated heterocycles. The molecule has 0 radical (unpaired) electrons. The van der Waals surface area contributed by atoms with E-state index in [1.165, 1.54) is 11.3 Å². The number of nitrogens with one attached hydrogen (secondary N) is 3. The lowest BCUT2D eigenvalue weighted by Gasteiger charge is -2.04. The number of H-pyrrole nitrogens is 1. The van der Waals surface area contributed by atoms with E-state index in [9.17, 15) is 9.59 Å². The van der Waals surface area contributed by atoms with Crippen molar-refractivity contribution in [2.24, 2.45) is 0 Å². The number of aromatic amines is 1. The van der Waals surface area contributed by atoms with Crippen molar-refractivity contribution in [1.29, 1.82) is 5.26 Å². The Kier molecular flexibility index (Phi) is 4.99. The van der Waals surface area contributed by atoms with Crippen molar-refractivity contribution in [2.75, 3.05) is 10.6 Å². The number of hydrogen-bond donors (Lipinski definition) is 3. The Morgan fingerprint density at radius 1 is 1.07 bits per heavy atom. The molecule has 2 amide bonds. The fraction of sp³-hybridized carbons (Fsp3) is 0. The molecule has 2 aromatic carbocycles. The van der Waals surface area contributed by atoms with Crippen LogP contribution in [0, 0.1) is 11.3 Å². The van der Waals surface area contributed by atoms with Gasteiger partial charge in [-0.15, -0.1) is 11.3 Å². The van der Waals surface area contributed by atoms with Crippen LogP contribution in [0.4, 0.5) is 11.5 Å². The first-order valence-corrected chi connectivity index (χ1v) is 9.60. The molecule has 2 aromatic heterocycles. The van der Waals surface area contributed by atoms with E-state index in [0.717, 1.165) is 0 Å². The van der Waals surface area contributed by atoms with E-state index < -0.39 is 0 Å². The smallest absolute Gasteiger partial charge is 0.265 e. The summed E-state index contributed by atoms with van der Waals surface area (Å²) in [5.74, 6) is -0.296. The largest absolute Gasteiger partial charge is 0.321 e. The van der Waals surface area contributed by atoms with E-state index in [4.69, 9.17) is 16.9 Å². The van der Waals surface area contributed by atoms with Crippen LogP contribution >= 0.6 is 22.9 Å². The van der Waals surface area contributed by atoms with Gasteiger partial charge in [-0.25, -0.2) is 0 Å². The summed E-state index contributed by atoms with van der Waals surface area (Å²) in [6.45, 7) is 0. The molecule has 3 N–H and O–H groups in total. The molecule has 0 spiro atoms. The third kappa shape index (κ3) is 3.82. The number of rotatable bonds is 4. The Morgan fingerprint density at radius 3 is 2.55 bits per heavy atom.